The van der Waals surface area contributed by atoms with E-state index >= 15 is 0 Å². The first-order valence-corrected chi connectivity index (χ1v) is 9.70. The van der Waals surface area contributed by atoms with Crippen molar-refractivity contribution in [1.29, 1.82) is 0 Å². The minimum atomic E-state index is -0.361. The van der Waals surface area contributed by atoms with Crippen molar-refractivity contribution >= 4 is 34.3 Å². The minimum Gasteiger partial charge on any atom is -0.307 e. The fourth-order valence-corrected chi connectivity index (χ4v) is 3.34. The van der Waals surface area contributed by atoms with Crippen molar-refractivity contribution in [3.63, 3.8) is 0 Å². The Bertz CT molecular complexity index is 961. The van der Waals surface area contributed by atoms with Crippen LogP contribution >= 0.6 is 22.6 Å². The van der Waals surface area contributed by atoms with Crippen LogP contribution < -0.4 is 5.32 Å². The smallest absolute Gasteiger partial charge is 0.257 e. The molecular weight excluding hydrogens is 456 g/mol. The number of aromatic nitrogens is 2. The maximum Gasteiger partial charge on any atom is 0.257 e. The quantitative estimate of drug-likeness (QED) is 0.524. The number of nitrogens with zero attached hydrogens (tertiary/aromatic N) is 2. The van der Waals surface area contributed by atoms with E-state index in [-0.39, 0.29) is 17.1 Å². The first-order chi connectivity index (χ1) is 12.7. The van der Waals surface area contributed by atoms with Gasteiger partial charge in [0.15, 0.2) is 0 Å². The van der Waals surface area contributed by atoms with Crippen molar-refractivity contribution in [1.82, 2.24) is 9.78 Å². The maximum absolute atomic E-state index is 13.3. The van der Waals surface area contributed by atoms with Gasteiger partial charge >= 0.3 is 0 Å². The molecule has 27 heavy (non-hydrogen) atoms. The van der Waals surface area contributed by atoms with Crippen LogP contribution in [0.1, 0.15) is 42.4 Å². The van der Waals surface area contributed by atoms with Gasteiger partial charge in [-0.3, -0.25) is 4.79 Å². The fourth-order valence-electron chi connectivity index (χ4n) is 2.62. The van der Waals surface area contributed by atoms with Gasteiger partial charge in [-0.15, -0.1) is 0 Å². The molecule has 0 saturated carbocycles. The summed E-state index contributed by atoms with van der Waals surface area (Å²) < 4.78 is 15.7. The third-order valence-electron chi connectivity index (χ3n) is 4.14. The molecule has 1 amide bonds. The lowest BCUT2D eigenvalue weighted by atomic mass is 9.92. The van der Waals surface area contributed by atoms with Crippen molar-refractivity contribution in [3.8, 4) is 0 Å². The Hall–Kier alpha value is -2.22. The summed E-state index contributed by atoms with van der Waals surface area (Å²) in [4.78, 5) is 12.7. The molecule has 0 aliphatic rings. The first-order valence-electron chi connectivity index (χ1n) is 8.63. The number of benzene rings is 2. The number of carbonyl (C=O) groups is 1. The predicted molar refractivity (Wildman–Crippen MR) is 114 cm³/mol. The van der Waals surface area contributed by atoms with E-state index in [0.29, 0.717) is 21.5 Å². The van der Waals surface area contributed by atoms with E-state index in [2.05, 4.69) is 26.1 Å². The van der Waals surface area contributed by atoms with E-state index < -0.39 is 0 Å². The zero-order chi connectivity index (χ0) is 19.6. The number of hydrogen-bond donors (Lipinski definition) is 1. The molecule has 0 saturated heterocycles. The van der Waals surface area contributed by atoms with Crippen LogP contribution in [0.25, 0.3) is 0 Å². The third kappa shape index (κ3) is 4.74. The van der Waals surface area contributed by atoms with Gasteiger partial charge in [0.2, 0.25) is 0 Å². The van der Waals surface area contributed by atoms with E-state index in [9.17, 15) is 9.18 Å². The number of carbonyl (C=O) groups excluding carboxylic acids is 1. The molecule has 4 nitrogen and oxygen atoms in total. The second-order valence-electron chi connectivity index (χ2n) is 7.39. The Morgan fingerprint density at radius 3 is 2.48 bits per heavy atom. The molecule has 2 aromatic carbocycles. The van der Waals surface area contributed by atoms with Gasteiger partial charge in [-0.05, 0) is 46.4 Å². The van der Waals surface area contributed by atoms with Crippen LogP contribution in [0, 0.1) is 9.39 Å². The van der Waals surface area contributed by atoms with Gasteiger partial charge in [0.25, 0.3) is 5.91 Å². The Morgan fingerprint density at radius 1 is 1.15 bits per heavy atom. The molecule has 1 N–H and O–H groups in total. The molecule has 0 radical (unpaired) electrons. The van der Waals surface area contributed by atoms with E-state index in [4.69, 9.17) is 5.10 Å². The lowest BCUT2D eigenvalue weighted by Gasteiger charge is -2.14. The number of halogens is 2. The van der Waals surface area contributed by atoms with Gasteiger partial charge in [-0.2, -0.15) is 5.10 Å². The molecule has 0 unspecified atom stereocenters. The highest BCUT2D eigenvalue weighted by Gasteiger charge is 2.21. The summed E-state index contributed by atoms with van der Waals surface area (Å²) >= 11 is 1.97. The highest BCUT2D eigenvalue weighted by atomic mass is 127. The normalized spacial score (nSPS) is 11.4. The molecule has 0 aliphatic carbocycles. The Morgan fingerprint density at radius 2 is 1.85 bits per heavy atom. The van der Waals surface area contributed by atoms with Gasteiger partial charge in [-0.1, -0.05) is 51.1 Å². The number of anilines is 1. The molecule has 6 heteroatoms. The molecule has 140 valence electrons. The summed E-state index contributed by atoms with van der Waals surface area (Å²) in [5.41, 5.74) is 2.27. The molecule has 3 aromatic rings. The van der Waals surface area contributed by atoms with Gasteiger partial charge in [-0.25, -0.2) is 9.07 Å². The van der Waals surface area contributed by atoms with Gasteiger partial charge in [0, 0.05) is 15.1 Å². The standard InChI is InChI=1S/C21H21FIN3O/c1-21(2,3)18-12-19(26(25-18)13-14-7-5-4-6-8-14)24-20(27)16-10-9-15(22)11-17(16)23/h4-12H,13H2,1-3H3,(H,24,27). The van der Waals surface area contributed by atoms with Crippen LogP contribution in [0.3, 0.4) is 0 Å². The highest BCUT2D eigenvalue weighted by Crippen LogP contribution is 2.25. The Kier molecular flexibility index (Phi) is 5.64. The van der Waals surface area contributed by atoms with Crippen molar-refractivity contribution in [3.05, 3.63) is 80.8 Å². The van der Waals surface area contributed by atoms with Crippen molar-refractivity contribution in [2.24, 2.45) is 0 Å². The number of rotatable bonds is 4. The molecular formula is C21H21FIN3O. The van der Waals surface area contributed by atoms with E-state index in [0.717, 1.165) is 11.3 Å². The monoisotopic (exact) mass is 477 g/mol. The zero-order valence-electron chi connectivity index (χ0n) is 15.5. The molecule has 1 aromatic heterocycles. The molecule has 0 spiro atoms. The van der Waals surface area contributed by atoms with Crippen LogP contribution in [0.2, 0.25) is 0 Å². The average molecular weight is 477 g/mol. The predicted octanol–water partition coefficient (Wildman–Crippen LogP) is 5.22. The third-order valence-corrected chi connectivity index (χ3v) is 5.03. The largest absolute Gasteiger partial charge is 0.307 e. The minimum absolute atomic E-state index is 0.147. The summed E-state index contributed by atoms with van der Waals surface area (Å²) in [6.07, 6.45) is 0. The SMILES string of the molecule is CC(C)(C)c1cc(NC(=O)c2ccc(F)cc2I)n(Cc2ccccc2)n1. The lowest BCUT2D eigenvalue weighted by molar-refractivity contribution is 0.102. The molecule has 0 fully saturated rings. The van der Waals surface area contributed by atoms with E-state index in [1.165, 1.54) is 18.2 Å². The average Bonchev–Trinajstić information content (AvgIpc) is 2.98. The van der Waals surface area contributed by atoms with E-state index in [1.807, 2.05) is 59.0 Å². The van der Waals surface area contributed by atoms with Crippen LogP contribution in [-0.2, 0) is 12.0 Å². The second-order valence-corrected chi connectivity index (χ2v) is 8.55. The fraction of sp³-hybridized carbons (Fsp3) is 0.238. The summed E-state index contributed by atoms with van der Waals surface area (Å²) in [5, 5.41) is 7.63. The second kappa shape index (κ2) is 7.80. The van der Waals surface area contributed by atoms with Crippen LogP contribution in [0.5, 0.6) is 0 Å². The number of hydrogen-bond acceptors (Lipinski definition) is 2. The van der Waals surface area contributed by atoms with Crippen LogP contribution in [0.15, 0.2) is 54.6 Å². The first kappa shape index (κ1) is 19.5. The summed E-state index contributed by atoms with van der Waals surface area (Å²) in [5.74, 6) is -0.0249. The van der Waals surface area contributed by atoms with Gasteiger partial charge < -0.3 is 5.32 Å². The number of amides is 1. The van der Waals surface area contributed by atoms with Crippen molar-refractivity contribution < 1.29 is 9.18 Å². The zero-order valence-corrected chi connectivity index (χ0v) is 17.6. The molecule has 0 atom stereocenters. The van der Waals surface area contributed by atoms with Crippen LogP contribution in [0.4, 0.5) is 10.2 Å². The number of nitrogens with one attached hydrogen (secondary N) is 1. The molecule has 0 bridgehead atoms. The van der Waals surface area contributed by atoms with E-state index in [1.54, 1.807) is 4.68 Å². The van der Waals surface area contributed by atoms with Crippen molar-refractivity contribution in [2.75, 3.05) is 5.32 Å². The molecule has 1 heterocycles. The maximum atomic E-state index is 13.3. The Labute approximate surface area is 171 Å². The van der Waals surface area contributed by atoms with Crippen LogP contribution in [-0.4, -0.2) is 15.7 Å². The van der Waals surface area contributed by atoms with Crippen molar-refractivity contribution in [2.45, 2.75) is 32.7 Å². The van der Waals surface area contributed by atoms with Gasteiger partial charge in [0.1, 0.15) is 11.6 Å². The Balaban J connectivity index is 1.93. The molecule has 0 aliphatic heterocycles. The molecule has 3 rings (SSSR count). The lowest BCUT2D eigenvalue weighted by Crippen LogP contribution is -2.17. The van der Waals surface area contributed by atoms with Gasteiger partial charge in [0.05, 0.1) is 17.8 Å². The summed E-state index contributed by atoms with van der Waals surface area (Å²) in [7, 11) is 0. The highest BCUT2D eigenvalue weighted by molar-refractivity contribution is 14.1. The summed E-state index contributed by atoms with van der Waals surface area (Å²) in [6.45, 7) is 6.79. The topological polar surface area (TPSA) is 46.9 Å². The summed E-state index contributed by atoms with van der Waals surface area (Å²) in [6, 6.07) is 16.0.